The minimum atomic E-state index is -1.26. The molecular weight excluding hydrogens is 676 g/mol. The Balaban J connectivity index is 1.23. The maximum absolute atomic E-state index is 14.2. The lowest BCUT2D eigenvalue weighted by Gasteiger charge is -2.53. The van der Waals surface area contributed by atoms with Crippen LogP contribution in [0.2, 0.25) is 0 Å². The fourth-order valence-corrected chi connectivity index (χ4v) is 7.03. The highest BCUT2D eigenvalue weighted by Crippen LogP contribution is 2.54. The molecule has 4 aromatic carbocycles. The van der Waals surface area contributed by atoms with Gasteiger partial charge < -0.3 is 33.5 Å². The van der Waals surface area contributed by atoms with Gasteiger partial charge in [0.2, 0.25) is 0 Å². The highest BCUT2D eigenvalue weighted by molar-refractivity contribution is 5.21. The summed E-state index contributed by atoms with van der Waals surface area (Å²) in [5, 5.41) is 10.7. The SMILES string of the molecule is Cc1cn([C@@H]2O[C@H]([C@@H](COCc3ccccc3)OCc3ccccc3)[C@@]3(OCc4ccccc4)[C@@H]2O[C@@H]3CO)c(=O)n(COCc2ccccc2)c1=O. The summed E-state index contributed by atoms with van der Waals surface area (Å²) >= 11 is 0. The molecule has 5 aromatic rings. The van der Waals surface area contributed by atoms with Crippen LogP contribution in [0.4, 0.5) is 0 Å². The fraction of sp³-hybridized carbons (Fsp3) is 0.333. The van der Waals surface area contributed by atoms with Crippen LogP contribution in [0.15, 0.2) is 137 Å². The number of hydrogen-bond donors (Lipinski definition) is 1. The molecule has 53 heavy (non-hydrogen) atoms. The van der Waals surface area contributed by atoms with E-state index >= 15 is 0 Å². The lowest BCUT2D eigenvalue weighted by atomic mass is 9.78. The first-order chi connectivity index (χ1) is 26.0. The molecule has 2 saturated heterocycles. The quantitative estimate of drug-likeness (QED) is 0.143. The van der Waals surface area contributed by atoms with Crippen LogP contribution in [0, 0.1) is 6.92 Å². The second-order valence-electron chi connectivity index (χ2n) is 13.3. The van der Waals surface area contributed by atoms with Crippen molar-refractivity contribution in [3.8, 4) is 0 Å². The van der Waals surface area contributed by atoms with Crippen molar-refractivity contribution in [3.05, 3.63) is 176 Å². The second-order valence-corrected chi connectivity index (χ2v) is 13.3. The minimum absolute atomic E-state index is 0.112. The lowest BCUT2D eigenvalue weighted by Crippen LogP contribution is -2.73. The van der Waals surface area contributed by atoms with Crippen LogP contribution < -0.4 is 11.2 Å². The third kappa shape index (κ3) is 7.97. The van der Waals surface area contributed by atoms with E-state index in [1.165, 1.54) is 10.8 Å². The standard InChI is InChI=1S/C42H44N2O9/c1-30-22-43(41(47)44(39(30)46)29-49-25-32-16-8-3-9-17-32)40-38-42(36(23-45)52-38,51-27-34-20-12-5-13-21-34)37(53-40)35(50-26-33-18-10-4-11-19-33)28-48-24-31-14-6-2-7-15-31/h2-22,35-38,40,45H,23-29H2,1H3/t35-,36-,37-,38-,40-,42-/m1/s1. The highest BCUT2D eigenvalue weighted by atomic mass is 16.7. The molecule has 276 valence electrons. The average molecular weight is 721 g/mol. The molecule has 7 rings (SSSR count). The van der Waals surface area contributed by atoms with Crippen LogP contribution in [0.25, 0.3) is 0 Å². The molecule has 11 heteroatoms. The van der Waals surface area contributed by atoms with Crippen molar-refractivity contribution in [2.75, 3.05) is 13.2 Å². The molecule has 1 N–H and O–H groups in total. The van der Waals surface area contributed by atoms with Crippen molar-refractivity contribution >= 4 is 0 Å². The van der Waals surface area contributed by atoms with Gasteiger partial charge in [-0.2, -0.15) is 0 Å². The van der Waals surface area contributed by atoms with E-state index in [1.54, 1.807) is 6.92 Å². The number of fused-ring (bicyclic) bond motifs is 1. The number of aliphatic hydroxyl groups is 1. The van der Waals surface area contributed by atoms with E-state index in [2.05, 4.69) is 0 Å². The maximum Gasteiger partial charge on any atom is 0.335 e. The van der Waals surface area contributed by atoms with Gasteiger partial charge in [0.05, 0.1) is 39.6 Å². The zero-order valence-electron chi connectivity index (χ0n) is 29.6. The number of ether oxygens (including phenoxy) is 6. The van der Waals surface area contributed by atoms with Gasteiger partial charge in [-0.25, -0.2) is 9.36 Å². The monoisotopic (exact) mass is 720 g/mol. The van der Waals surface area contributed by atoms with Crippen LogP contribution in [-0.2, 0) is 61.6 Å². The number of aromatic nitrogens is 2. The number of aliphatic hydroxyl groups excluding tert-OH is 1. The van der Waals surface area contributed by atoms with E-state index < -0.39 is 47.5 Å². The van der Waals surface area contributed by atoms with Crippen molar-refractivity contribution in [2.24, 2.45) is 0 Å². The summed E-state index contributed by atoms with van der Waals surface area (Å²) < 4.78 is 41.1. The largest absolute Gasteiger partial charge is 0.394 e. The van der Waals surface area contributed by atoms with Crippen LogP contribution in [-0.4, -0.2) is 57.5 Å². The first-order valence-corrected chi connectivity index (χ1v) is 17.8. The Kier molecular flexibility index (Phi) is 11.7. The van der Waals surface area contributed by atoms with Crippen molar-refractivity contribution in [1.29, 1.82) is 0 Å². The fourth-order valence-electron chi connectivity index (χ4n) is 7.03. The minimum Gasteiger partial charge on any atom is -0.394 e. The molecule has 0 aliphatic carbocycles. The molecule has 0 saturated carbocycles. The second kappa shape index (κ2) is 17.0. The molecule has 0 amide bonds. The highest BCUT2D eigenvalue weighted by Gasteiger charge is 2.73. The molecular formula is C42H44N2O9. The zero-order valence-corrected chi connectivity index (χ0v) is 29.6. The Hall–Kier alpha value is -4.72. The molecule has 11 nitrogen and oxygen atoms in total. The Morgan fingerprint density at radius 3 is 1.81 bits per heavy atom. The molecule has 0 spiro atoms. The molecule has 0 radical (unpaired) electrons. The molecule has 1 aromatic heterocycles. The predicted octanol–water partition coefficient (Wildman–Crippen LogP) is 4.91. The third-order valence-corrected chi connectivity index (χ3v) is 9.76. The molecule has 2 fully saturated rings. The summed E-state index contributed by atoms with van der Waals surface area (Å²) in [6, 6.07) is 38.8. The number of hydrogen-bond acceptors (Lipinski definition) is 9. The van der Waals surface area contributed by atoms with E-state index in [9.17, 15) is 14.7 Å². The molecule has 2 aliphatic rings. The molecule has 0 unspecified atom stereocenters. The third-order valence-electron chi connectivity index (χ3n) is 9.76. The van der Waals surface area contributed by atoms with Gasteiger partial charge in [-0.05, 0) is 29.2 Å². The summed E-state index contributed by atoms with van der Waals surface area (Å²) in [6.45, 7) is 2.09. The Morgan fingerprint density at radius 1 is 0.717 bits per heavy atom. The van der Waals surface area contributed by atoms with Gasteiger partial charge in [0.25, 0.3) is 5.56 Å². The van der Waals surface area contributed by atoms with Crippen molar-refractivity contribution in [1.82, 2.24) is 9.13 Å². The molecule has 3 heterocycles. The Morgan fingerprint density at radius 2 is 1.25 bits per heavy atom. The van der Waals surface area contributed by atoms with Crippen molar-refractivity contribution in [3.63, 3.8) is 0 Å². The van der Waals surface area contributed by atoms with Crippen LogP contribution in [0.3, 0.4) is 0 Å². The van der Waals surface area contributed by atoms with E-state index in [1.807, 2.05) is 121 Å². The van der Waals surface area contributed by atoms with Crippen molar-refractivity contribution < 1.29 is 33.5 Å². The normalized spacial score (nSPS) is 22.6. The number of benzene rings is 4. The van der Waals surface area contributed by atoms with Gasteiger partial charge in [-0.3, -0.25) is 9.36 Å². The average Bonchev–Trinajstić information content (AvgIpc) is 3.44. The van der Waals surface area contributed by atoms with Gasteiger partial charge >= 0.3 is 5.69 Å². The van der Waals surface area contributed by atoms with Gasteiger partial charge in [-0.1, -0.05) is 121 Å². The summed E-state index contributed by atoms with van der Waals surface area (Å²) in [5.74, 6) is 0. The van der Waals surface area contributed by atoms with Crippen LogP contribution >= 0.6 is 0 Å². The van der Waals surface area contributed by atoms with Gasteiger partial charge in [-0.15, -0.1) is 0 Å². The van der Waals surface area contributed by atoms with Gasteiger partial charge in [0, 0.05) is 11.8 Å². The number of nitrogens with zero attached hydrogens (tertiary/aromatic N) is 2. The first kappa shape index (κ1) is 36.6. The van der Waals surface area contributed by atoms with Crippen molar-refractivity contribution in [2.45, 2.75) is 76.3 Å². The molecule has 0 bridgehead atoms. The first-order valence-electron chi connectivity index (χ1n) is 17.8. The van der Waals surface area contributed by atoms with E-state index in [-0.39, 0.29) is 39.8 Å². The summed E-state index contributed by atoms with van der Waals surface area (Å²) in [6.07, 6.45) is -2.80. The molecule has 2 aliphatic heterocycles. The van der Waals surface area contributed by atoms with Crippen LogP contribution in [0.5, 0.6) is 0 Å². The summed E-state index contributed by atoms with van der Waals surface area (Å²) in [7, 11) is 0. The van der Waals surface area contributed by atoms with Crippen LogP contribution in [0.1, 0.15) is 34.0 Å². The van der Waals surface area contributed by atoms with E-state index in [0.717, 1.165) is 26.8 Å². The molecule has 6 atom stereocenters. The van der Waals surface area contributed by atoms with Gasteiger partial charge in [0.15, 0.2) is 11.8 Å². The topological polar surface area (TPSA) is 120 Å². The maximum atomic E-state index is 14.2. The Bertz CT molecular complexity index is 2020. The smallest absolute Gasteiger partial charge is 0.335 e. The van der Waals surface area contributed by atoms with E-state index in [4.69, 9.17) is 28.4 Å². The predicted molar refractivity (Wildman–Crippen MR) is 196 cm³/mol. The van der Waals surface area contributed by atoms with Gasteiger partial charge in [0.1, 0.15) is 31.1 Å². The Labute approximate surface area is 307 Å². The summed E-state index contributed by atoms with van der Waals surface area (Å²) in [5.41, 5.74) is 1.71. The summed E-state index contributed by atoms with van der Waals surface area (Å²) in [4.78, 5) is 27.5. The number of rotatable bonds is 17. The number of aryl methyl sites for hydroxylation is 1. The van der Waals surface area contributed by atoms with E-state index in [0.29, 0.717) is 12.2 Å². The lowest BCUT2D eigenvalue weighted by molar-refractivity contribution is -0.326. The zero-order chi connectivity index (χ0) is 36.6.